The summed E-state index contributed by atoms with van der Waals surface area (Å²) in [6.45, 7) is 7.52. The first-order chi connectivity index (χ1) is 15.3. The average Bonchev–Trinajstić information content (AvgIpc) is 3.01. The molecule has 4 aliphatic carbocycles. The van der Waals surface area contributed by atoms with Crippen LogP contribution < -0.4 is 0 Å². The molecule has 0 aromatic heterocycles. The van der Waals surface area contributed by atoms with Crippen molar-refractivity contribution in [3.8, 4) is 0 Å². The van der Waals surface area contributed by atoms with Gasteiger partial charge in [-0.3, -0.25) is 14.4 Å². The van der Waals surface area contributed by atoms with Gasteiger partial charge in [0.2, 0.25) is 0 Å². The molecule has 4 fully saturated rings. The molecule has 0 N–H and O–H groups in total. The highest BCUT2D eigenvalue weighted by molar-refractivity contribution is 5.67. The van der Waals surface area contributed by atoms with E-state index in [1.54, 1.807) is 6.92 Å². The van der Waals surface area contributed by atoms with Gasteiger partial charge in [0.05, 0.1) is 5.41 Å². The third kappa shape index (κ3) is 3.66. The number of ether oxygens (including phenoxy) is 3. The Morgan fingerprint density at radius 1 is 0.758 bits per heavy atom. The number of carbonyl (C=O) groups is 3. The van der Waals surface area contributed by atoms with Crippen LogP contribution in [0.5, 0.6) is 0 Å². The molecule has 33 heavy (non-hydrogen) atoms. The molecule has 8 heteroatoms. The highest BCUT2D eigenvalue weighted by Gasteiger charge is 2.73. The lowest BCUT2D eigenvalue weighted by Gasteiger charge is -2.64. The Balaban J connectivity index is 1.79. The lowest BCUT2D eigenvalue weighted by molar-refractivity contribution is -0.277. The van der Waals surface area contributed by atoms with Gasteiger partial charge in [0, 0.05) is 38.5 Å². The SMILES string of the molecule is CC(=O)O[C@H]1C[C@@H]2[C@H](CC(F)(F)[C@]3(C)[C@@H](OC(C)=O)CC[C@@H]23)[C@]2(C)[C@@H]1CCC[C@H]2OC(C)=O. The van der Waals surface area contributed by atoms with Gasteiger partial charge in [0.15, 0.2) is 0 Å². The Morgan fingerprint density at radius 3 is 1.97 bits per heavy atom. The fourth-order valence-electron chi connectivity index (χ4n) is 8.30. The van der Waals surface area contributed by atoms with Crippen molar-refractivity contribution in [2.75, 3.05) is 0 Å². The van der Waals surface area contributed by atoms with Crippen molar-refractivity contribution >= 4 is 17.9 Å². The molecule has 6 nitrogen and oxygen atoms in total. The zero-order valence-electron chi connectivity index (χ0n) is 20.2. The van der Waals surface area contributed by atoms with E-state index in [0.29, 0.717) is 25.7 Å². The predicted molar refractivity (Wildman–Crippen MR) is 114 cm³/mol. The van der Waals surface area contributed by atoms with Crippen molar-refractivity contribution in [3.63, 3.8) is 0 Å². The Kier molecular flexibility index (Phi) is 6.06. The molecule has 0 aromatic carbocycles. The van der Waals surface area contributed by atoms with Gasteiger partial charge in [-0.25, -0.2) is 8.78 Å². The normalized spacial score (nSPS) is 45.7. The van der Waals surface area contributed by atoms with Crippen LogP contribution in [0.25, 0.3) is 0 Å². The molecule has 186 valence electrons. The van der Waals surface area contributed by atoms with Gasteiger partial charge in [-0.2, -0.15) is 0 Å². The van der Waals surface area contributed by atoms with Gasteiger partial charge in [0.25, 0.3) is 5.92 Å². The van der Waals surface area contributed by atoms with E-state index in [9.17, 15) is 14.4 Å². The van der Waals surface area contributed by atoms with Gasteiger partial charge in [0.1, 0.15) is 18.3 Å². The van der Waals surface area contributed by atoms with E-state index >= 15 is 8.78 Å². The molecule has 0 aliphatic heterocycles. The zero-order chi connectivity index (χ0) is 24.3. The molecule has 0 radical (unpaired) electrons. The Hall–Kier alpha value is -1.73. The van der Waals surface area contributed by atoms with Crippen molar-refractivity contribution in [1.82, 2.24) is 0 Å². The first-order valence-electron chi connectivity index (χ1n) is 12.2. The summed E-state index contributed by atoms with van der Waals surface area (Å²) in [5.41, 5.74) is -2.20. The van der Waals surface area contributed by atoms with Crippen molar-refractivity contribution in [2.24, 2.45) is 34.5 Å². The van der Waals surface area contributed by atoms with Gasteiger partial charge in [-0.05, 0) is 63.2 Å². The van der Waals surface area contributed by atoms with Crippen LogP contribution >= 0.6 is 0 Å². The summed E-state index contributed by atoms with van der Waals surface area (Å²) in [4.78, 5) is 35.6. The molecular formula is C25H36F2O6. The highest BCUT2D eigenvalue weighted by Crippen LogP contribution is 2.70. The molecule has 0 heterocycles. The summed E-state index contributed by atoms with van der Waals surface area (Å²) < 4.78 is 49.1. The third-order valence-corrected chi connectivity index (χ3v) is 9.64. The maximum atomic E-state index is 16.1. The fraction of sp³-hybridized carbons (Fsp3) is 0.880. The Bertz CT molecular complexity index is 830. The Morgan fingerprint density at radius 2 is 1.36 bits per heavy atom. The summed E-state index contributed by atoms with van der Waals surface area (Å²) in [6, 6.07) is 0. The van der Waals surface area contributed by atoms with E-state index in [2.05, 4.69) is 0 Å². The summed E-state index contributed by atoms with van der Waals surface area (Å²) in [5.74, 6) is -5.46. The van der Waals surface area contributed by atoms with E-state index in [1.165, 1.54) is 20.8 Å². The molecule has 4 rings (SSSR count). The van der Waals surface area contributed by atoms with E-state index < -0.39 is 47.0 Å². The number of fused-ring (bicyclic) bond motifs is 5. The third-order valence-electron chi connectivity index (χ3n) is 9.64. The first-order valence-corrected chi connectivity index (χ1v) is 12.2. The number of rotatable bonds is 3. The minimum absolute atomic E-state index is 0.142. The number of hydrogen-bond donors (Lipinski definition) is 0. The zero-order valence-corrected chi connectivity index (χ0v) is 20.2. The molecule has 0 aromatic rings. The molecule has 0 amide bonds. The lowest BCUT2D eigenvalue weighted by atomic mass is 9.43. The van der Waals surface area contributed by atoms with Gasteiger partial charge in [-0.15, -0.1) is 0 Å². The summed E-state index contributed by atoms with van der Waals surface area (Å²) in [7, 11) is 0. The van der Waals surface area contributed by atoms with Crippen LogP contribution in [0.1, 0.15) is 79.6 Å². The van der Waals surface area contributed by atoms with E-state index in [0.717, 1.165) is 12.8 Å². The molecule has 0 spiro atoms. The van der Waals surface area contributed by atoms with Gasteiger partial charge in [-0.1, -0.05) is 6.92 Å². The van der Waals surface area contributed by atoms with Crippen LogP contribution in [-0.4, -0.2) is 42.1 Å². The van der Waals surface area contributed by atoms with Crippen LogP contribution in [0.3, 0.4) is 0 Å². The topological polar surface area (TPSA) is 78.9 Å². The fourth-order valence-corrected chi connectivity index (χ4v) is 8.30. The maximum absolute atomic E-state index is 16.1. The lowest BCUT2D eigenvalue weighted by Crippen LogP contribution is -2.67. The van der Waals surface area contributed by atoms with Gasteiger partial charge < -0.3 is 14.2 Å². The summed E-state index contributed by atoms with van der Waals surface area (Å²) >= 11 is 0. The van der Waals surface area contributed by atoms with Crippen LogP contribution in [0.15, 0.2) is 0 Å². The molecule has 0 unspecified atom stereocenters. The van der Waals surface area contributed by atoms with Crippen LogP contribution in [0.2, 0.25) is 0 Å². The van der Waals surface area contributed by atoms with E-state index in [-0.39, 0.29) is 36.1 Å². The van der Waals surface area contributed by atoms with Crippen LogP contribution in [-0.2, 0) is 28.6 Å². The standard InChI is InChI=1S/C25H36F2O6/c1-13(28)31-20-11-16-17-9-10-22(33-15(3)30)24(17,5)25(26,27)12-19(16)23(4)18(20)7-6-8-21(23)32-14(2)29/h16-22H,6-12H2,1-5H3/t16-,17-,18+,19-,20-,21+,22-,23-,24-/m0/s1. The van der Waals surface area contributed by atoms with Crippen LogP contribution in [0.4, 0.5) is 8.78 Å². The van der Waals surface area contributed by atoms with E-state index in [4.69, 9.17) is 14.2 Å². The largest absolute Gasteiger partial charge is 0.462 e. The number of halogens is 2. The minimum atomic E-state index is -3.05. The van der Waals surface area contributed by atoms with Crippen LogP contribution in [0, 0.1) is 34.5 Å². The molecule has 4 aliphatic rings. The summed E-state index contributed by atoms with van der Waals surface area (Å²) in [5, 5.41) is 0. The predicted octanol–water partition coefficient (Wildman–Crippen LogP) is 4.68. The Labute approximate surface area is 194 Å². The summed E-state index contributed by atoms with van der Waals surface area (Å²) in [6.07, 6.45) is 1.50. The van der Waals surface area contributed by atoms with E-state index in [1.807, 2.05) is 6.92 Å². The monoisotopic (exact) mass is 470 g/mol. The molecule has 0 saturated heterocycles. The second-order valence-electron chi connectivity index (χ2n) is 11.1. The number of carbonyl (C=O) groups excluding carboxylic acids is 3. The van der Waals surface area contributed by atoms with Crippen molar-refractivity contribution in [2.45, 2.75) is 104 Å². The minimum Gasteiger partial charge on any atom is -0.462 e. The molecule has 9 atom stereocenters. The first kappa shape index (κ1) is 24.4. The van der Waals surface area contributed by atoms with Crippen molar-refractivity contribution < 1.29 is 37.4 Å². The maximum Gasteiger partial charge on any atom is 0.302 e. The molecule has 4 saturated carbocycles. The van der Waals surface area contributed by atoms with Gasteiger partial charge >= 0.3 is 17.9 Å². The molecule has 0 bridgehead atoms. The quantitative estimate of drug-likeness (QED) is 0.440. The number of hydrogen-bond acceptors (Lipinski definition) is 6. The second-order valence-corrected chi connectivity index (χ2v) is 11.1. The van der Waals surface area contributed by atoms with Crippen molar-refractivity contribution in [1.29, 1.82) is 0 Å². The smallest absolute Gasteiger partial charge is 0.302 e. The molecular weight excluding hydrogens is 434 g/mol. The average molecular weight is 471 g/mol. The second kappa shape index (κ2) is 8.19. The number of alkyl halides is 2. The number of esters is 3. The van der Waals surface area contributed by atoms with Crippen molar-refractivity contribution in [3.05, 3.63) is 0 Å². The highest BCUT2D eigenvalue weighted by atomic mass is 19.3.